The van der Waals surface area contributed by atoms with Crippen molar-refractivity contribution in [3.8, 4) is 0 Å². The fourth-order valence-electron chi connectivity index (χ4n) is 0.679. The summed E-state index contributed by atoms with van der Waals surface area (Å²) in [7, 11) is 3.26. The molecule has 0 radical (unpaired) electrons. The van der Waals surface area contributed by atoms with E-state index in [1.54, 1.807) is 14.1 Å². The zero-order chi connectivity index (χ0) is 12.6. The lowest BCUT2D eigenvalue weighted by Gasteiger charge is -2.01. The average molecular weight is 242 g/mol. The lowest BCUT2D eigenvalue weighted by atomic mass is 10.7. The zero-order valence-corrected chi connectivity index (χ0v) is 10.2. The van der Waals surface area contributed by atoms with E-state index in [2.05, 4.69) is 30.4 Å². The van der Waals surface area contributed by atoms with E-state index in [9.17, 15) is 0 Å². The van der Waals surface area contributed by atoms with Crippen LogP contribution in [0.3, 0.4) is 0 Å². The molecule has 0 spiro atoms. The molecule has 0 saturated heterocycles. The van der Waals surface area contributed by atoms with Crippen molar-refractivity contribution in [2.24, 2.45) is 30.4 Å². The molecular formula is C9H18N6O2. The molecule has 0 aliphatic carbocycles. The van der Waals surface area contributed by atoms with Crippen LogP contribution in [0.25, 0.3) is 0 Å². The van der Waals surface area contributed by atoms with Crippen LogP contribution in [-0.2, 0) is 9.47 Å². The van der Waals surface area contributed by atoms with Crippen LogP contribution in [0.15, 0.2) is 30.4 Å². The van der Waals surface area contributed by atoms with Gasteiger partial charge in [0, 0.05) is 14.1 Å². The summed E-state index contributed by atoms with van der Waals surface area (Å²) in [5.74, 6) is 0. The molecule has 0 fully saturated rings. The third-order valence-electron chi connectivity index (χ3n) is 1.34. The normalized spacial score (nSPS) is 12.8. The second-order valence-corrected chi connectivity index (χ2v) is 2.64. The Hall–Kier alpha value is -1.54. The highest BCUT2D eigenvalue weighted by Gasteiger charge is 1.87. The summed E-state index contributed by atoms with van der Waals surface area (Å²) in [6, 6.07) is 0. The summed E-state index contributed by atoms with van der Waals surface area (Å²) in [6.07, 6.45) is 2.75. The van der Waals surface area contributed by atoms with Gasteiger partial charge in [-0.25, -0.2) is 0 Å². The molecule has 0 aliphatic heterocycles. The van der Waals surface area contributed by atoms with E-state index < -0.39 is 0 Å². The monoisotopic (exact) mass is 242 g/mol. The van der Waals surface area contributed by atoms with Gasteiger partial charge in [-0.1, -0.05) is 0 Å². The van der Waals surface area contributed by atoms with Crippen molar-refractivity contribution in [1.29, 1.82) is 0 Å². The Morgan fingerprint density at radius 1 is 0.824 bits per heavy atom. The van der Waals surface area contributed by atoms with Crippen LogP contribution in [0.1, 0.15) is 0 Å². The third kappa shape index (κ3) is 14.5. The number of nitrogens with zero attached hydrogens (tertiary/aromatic N) is 6. The number of ether oxygens (including phenoxy) is 2. The first-order chi connectivity index (χ1) is 8.41. The maximum atomic E-state index is 5.12. The van der Waals surface area contributed by atoms with Crippen molar-refractivity contribution < 1.29 is 9.47 Å². The van der Waals surface area contributed by atoms with Gasteiger partial charge in [0.1, 0.15) is 19.5 Å². The molecular weight excluding hydrogens is 224 g/mol. The van der Waals surface area contributed by atoms with Crippen LogP contribution in [-0.4, -0.2) is 59.9 Å². The second kappa shape index (κ2) is 14.5. The molecule has 0 rings (SSSR count). The van der Waals surface area contributed by atoms with Gasteiger partial charge < -0.3 is 9.47 Å². The average Bonchev–Trinajstić information content (AvgIpc) is 2.35. The Morgan fingerprint density at radius 3 is 1.71 bits per heavy atom. The predicted octanol–water partition coefficient (Wildman–Crippen LogP) is 1.20. The Morgan fingerprint density at radius 2 is 1.29 bits per heavy atom. The van der Waals surface area contributed by atoms with Gasteiger partial charge in [0.2, 0.25) is 0 Å². The Bertz CT molecular complexity index is 238. The van der Waals surface area contributed by atoms with Gasteiger partial charge in [0.15, 0.2) is 0 Å². The molecule has 8 nitrogen and oxygen atoms in total. The van der Waals surface area contributed by atoms with Gasteiger partial charge in [-0.05, 0) is 0 Å². The number of rotatable bonds is 10. The van der Waals surface area contributed by atoms with Crippen LogP contribution in [0.4, 0.5) is 0 Å². The highest BCUT2D eigenvalue weighted by Crippen LogP contribution is 1.82. The van der Waals surface area contributed by atoms with Crippen molar-refractivity contribution in [2.75, 3.05) is 47.2 Å². The minimum absolute atomic E-state index is 0.217. The molecule has 0 aliphatic rings. The lowest BCUT2D eigenvalue weighted by Crippen LogP contribution is -2.06. The number of azo groups is 2. The first kappa shape index (κ1) is 15.5. The largest absolute Gasteiger partial charge is 0.353 e. The Labute approximate surface area is 101 Å². The van der Waals surface area contributed by atoms with Crippen molar-refractivity contribution in [2.45, 2.75) is 0 Å². The number of aliphatic imine (C=N–C) groups is 2. The molecule has 17 heavy (non-hydrogen) atoms. The predicted molar refractivity (Wildman–Crippen MR) is 65.0 cm³/mol. The minimum Gasteiger partial charge on any atom is -0.353 e. The Kier molecular flexibility index (Phi) is 13.2. The first-order valence-corrected chi connectivity index (χ1v) is 5.11. The van der Waals surface area contributed by atoms with Crippen molar-refractivity contribution in [1.82, 2.24) is 0 Å². The fourth-order valence-corrected chi connectivity index (χ4v) is 0.679. The smallest absolute Gasteiger partial charge is 0.146 e. The number of hydrogen-bond donors (Lipinski definition) is 0. The summed E-state index contributed by atoms with van der Waals surface area (Å²) in [4.78, 5) is 7.29. The summed E-state index contributed by atoms with van der Waals surface area (Å²) < 4.78 is 10.2. The maximum absolute atomic E-state index is 5.12. The van der Waals surface area contributed by atoms with Crippen LogP contribution in [0.2, 0.25) is 0 Å². The summed E-state index contributed by atoms with van der Waals surface area (Å²) >= 11 is 0. The maximum Gasteiger partial charge on any atom is 0.146 e. The number of hydrogen-bond acceptors (Lipinski definition) is 6. The zero-order valence-electron chi connectivity index (χ0n) is 10.2. The summed E-state index contributed by atoms with van der Waals surface area (Å²) in [6.45, 7) is 2.12. The third-order valence-corrected chi connectivity index (χ3v) is 1.34. The van der Waals surface area contributed by atoms with Crippen molar-refractivity contribution >= 4 is 12.7 Å². The molecule has 0 N–H and O–H groups in total. The first-order valence-electron chi connectivity index (χ1n) is 5.11. The van der Waals surface area contributed by atoms with Gasteiger partial charge in [0.05, 0.1) is 26.3 Å². The quantitative estimate of drug-likeness (QED) is 0.189. The fraction of sp³-hybridized carbons (Fsp3) is 0.778. The van der Waals surface area contributed by atoms with Gasteiger partial charge in [-0.3, -0.25) is 9.98 Å². The molecule has 96 valence electrons. The van der Waals surface area contributed by atoms with Gasteiger partial charge in [0.25, 0.3) is 0 Å². The van der Waals surface area contributed by atoms with E-state index in [1.807, 2.05) is 0 Å². The van der Waals surface area contributed by atoms with Crippen molar-refractivity contribution in [3.63, 3.8) is 0 Å². The SMILES string of the molecule is CN=CN=NCCOCOCCN=NC=NC. The van der Waals surface area contributed by atoms with E-state index in [4.69, 9.17) is 9.47 Å². The van der Waals surface area contributed by atoms with Gasteiger partial charge >= 0.3 is 0 Å². The van der Waals surface area contributed by atoms with Crippen LogP contribution < -0.4 is 0 Å². The molecule has 0 bridgehead atoms. The van der Waals surface area contributed by atoms with E-state index >= 15 is 0 Å². The van der Waals surface area contributed by atoms with Gasteiger partial charge in [-0.15, -0.1) is 10.2 Å². The van der Waals surface area contributed by atoms with Crippen LogP contribution in [0, 0.1) is 0 Å². The molecule has 0 aromatic rings. The highest BCUT2D eigenvalue weighted by atomic mass is 16.7. The van der Waals surface area contributed by atoms with E-state index in [0.29, 0.717) is 26.3 Å². The molecule has 0 unspecified atom stereocenters. The van der Waals surface area contributed by atoms with Crippen LogP contribution in [0.5, 0.6) is 0 Å². The molecule has 8 heteroatoms. The molecule has 0 aromatic heterocycles. The summed E-state index contributed by atoms with van der Waals surface area (Å²) in [5.41, 5.74) is 0. The highest BCUT2D eigenvalue weighted by molar-refractivity contribution is 5.54. The lowest BCUT2D eigenvalue weighted by molar-refractivity contribution is -0.0484. The van der Waals surface area contributed by atoms with E-state index in [-0.39, 0.29) is 6.79 Å². The van der Waals surface area contributed by atoms with E-state index in [0.717, 1.165) is 0 Å². The summed E-state index contributed by atoms with van der Waals surface area (Å²) in [5, 5.41) is 14.8. The van der Waals surface area contributed by atoms with Gasteiger partial charge in [-0.2, -0.15) is 10.2 Å². The molecule has 0 heterocycles. The minimum atomic E-state index is 0.217. The van der Waals surface area contributed by atoms with Crippen LogP contribution >= 0.6 is 0 Å². The topological polar surface area (TPSA) is 92.6 Å². The molecule has 0 atom stereocenters. The molecule has 0 amide bonds. The van der Waals surface area contributed by atoms with E-state index in [1.165, 1.54) is 12.7 Å². The second-order valence-electron chi connectivity index (χ2n) is 2.64. The standard InChI is InChI=1S/C9H18N6O2/c1-10-7-14-12-3-5-16-9-17-6-4-13-15-8-11-2/h7-8H,3-6,9H2,1-2H3. The Balaban J connectivity index is 3.13. The van der Waals surface area contributed by atoms with Crippen molar-refractivity contribution in [3.05, 3.63) is 0 Å². The molecule has 0 saturated carbocycles. The molecule has 0 aromatic carbocycles.